The lowest BCUT2D eigenvalue weighted by molar-refractivity contribution is -0.122. The number of rotatable bonds is 7. The lowest BCUT2D eigenvalue weighted by atomic mass is 10.1. The van der Waals surface area contributed by atoms with Crippen molar-refractivity contribution >= 4 is 16.8 Å². The maximum atomic E-state index is 12.7. The Labute approximate surface area is 173 Å². The Bertz CT molecular complexity index is 849. The number of hydrogen-bond acceptors (Lipinski definition) is 4. The van der Waals surface area contributed by atoms with Crippen molar-refractivity contribution in [3.8, 4) is 5.75 Å². The highest BCUT2D eigenvalue weighted by Gasteiger charge is 2.21. The number of benzene rings is 1. The summed E-state index contributed by atoms with van der Waals surface area (Å²) < 4.78 is 13.1. The van der Waals surface area contributed by atoms with Crippen molar-refractivity contribution in [1.82, 2.24) is 14.8 Å². The van der Waals surface area contributed by atoms with E-state index in [1.54, 1.807) is 7.11 Å². The number of nitrogens with zero attached hydrogens (tertiary/aromatic N) is 2. The maximum absolute atomic E-state index is 12.7. The zero-order valence-corrected chi connectivity index (χ0v) is 17.7. The standard InChI is InChI=1S/C23H33N3O3/c1-17-20(9-10-25-11-13-29-14-12-25)21-15-19(28-2)7-8-22(21)26(17)16-23(27)24-18-5-3-4-6-18/h7-8,15,18H,3-6,9-14,16H2,1-2H3,(H,24,27). The van der Waals surface area contributed by atoms with Crippen molar-refractivity contribution in [2.24, 2.45) is 0 Å². The smallest absolute Gasteiger partial charge is 0.240 e. The highest BCUT2D eigenvalue weighted by molar-refractivity contribution is 5.89. The van der Waals surface area contributed by atoms with E-state index in [4.69, 9.17) is 9.47 Å². The Morgan fingerprint density at radius 3 is 2.72 bits per heavy atom. The van der Waals surface area contributed by atoms with E-state index in [-0.39, 0.29) is 5.91 Å². The molecule has 1 amide bonds. The minimum absolute atomic E-state index is 0.118. The van der Waals surface area contributed by atoms with Crippen LogP contribution in [0, 0.1) is 6.92 Å². The second-order valence-corrected chi connectivity index (χ2v) is 8.29. The van der Waals surface area contributed by atoms with Gasteiger partial charge in [-0.25, -0.2) is 0 Å². The topological polar surface area (TPSA) is 55.7 Å². The number of aromatic nitrogens is 1. The molecular weight excluding hydrogens is 366 g/mol. The van der Waals surface area contributed by atoms with Crippen molar-refractivity contribution in [2.45, 2.75) is 51.6 Å². The first-order chi connectivity index (χ1) is 14.2. The molecule has 2 aliphatic rings. The second-order valence-electron chi connectivity index (χ2n) is 8.29. The van der Waals surface area contributed by atoms with Gasteiger partial charge in [0, 0.05) is 42.3 Å². The minimum atomic E-state index is 0.118. The van der Waals surface area contributed by atoms with Gasteiger partial charge in [0.25, 0.3) is 0 Å². The van der Waals surface area contributed by atoms with E-state index < -0.39 is 0 Å². The molecule has 6 heteroatoms. The first-order valence-electron chi connectivity index (χ1n) is 10.9. The molecule has 6 nitrogen and oxygen atoms in total. The Kier molecular flexibility index (Phi) is 6.40. The molecule has 2 fully saturated rings. The lowest BCUT2D eigenvalue weighted by Crippen LogP contribution is -2.37. The van der Waals surface area contributed by atoms with Crippen LogP contribution in [0.25, 0.3) is 10.9 Å². The molecule has 158 valence electrons. The summed E-state index contributed by atoms with van der Waals surface area (Å²) in [5, 5.41) is 4.43. The molecule has 1 aromatic carbocycles. The van der Waals surface area contributed by atoms with E-state index in [1.807, 2.05) is 6.07 Å². The summed E-state index contributed by atoms with van der Waals surface area (Å²) in [6, 6.07) is 6.54. The van der Waals surface area contributed by atoms with Gasteiger partial charge in [-0.15, -0.1) is 0 Å². The summed E-state index contributed by atoms with van der Waals surface area (Å²) >= 11 is 0. The van der Waals surface area contributed by atoms with Crippen molar-refractivity contribution in [3.05, 3.63) is 29.5 Å². The minimum Gasteiger partial charge on any atom is -0.497 e. The van der Waals surface area contributed by atoms with Crippen LogP contribution in [-0.4, -0.2) is 61.4 Å². The molecule has 1 saturated carbocycles. The Morgan fingerprint density at radius 2 is 2.00 bits per heavy atom. The monoisotopic (exact) mass is 399 g/mol. The molecule has 0 bridgehead atoms. The molecule has 1 aliphatic carbocycles. The average Bonchev–Trinajstić information content (AvgIpc) is 3.34. The molecule has 0 unspecified atom stereocenters. The molecule has 1 saturated heterocycles. The first-order valence-corrected chi connectivity index (χ1v) is 10.9. The molecular formula is C23H33N3O3. The van der Waals surface area contributed by atoms with E-state index in [9.17, 15) is 4.79 Å². The summed E-state index contributed by atoms with van der Waals surface area (Å²) in [7, 11) is 1.70. The van der Waals surface area contributed by atoms with Gasteiger partial charge in [0.15, 0.2) is 0 Å². The third kappa shape index (κ3) is 4.59. The number of methoxy groups -OCH3 is 1. The van der Waals surface area contributed by atoms with Crippen molar-refractivity contribution < 1.29 is 14.3 Å². The second kappa shape index (κ2) is 9.18. The number of morpholine rings is 1. The fourth-order valence-corrected chi connectivity index (χ4v) is 4.76. The van der Waals surface area contributed by atoms with E-state index >= 15 is 0 Å². The Balaban J connectivity index is 1.57. The van der Waals surface area contributed by atoms with E-state index in [0.29, 0.717) is 12.6 Å². The van der Waals surface area contributed by atoms with Crippen LogP contribution in [0.4, 0.5) is 0 Å². The molecule has 4 rings (SSSR count). The van der Waals surface area contributed by atoms with Gasteiger partial charge in [0.2, 0.25) is 5.91 Å². The summed E-state index contributed by atoms with van der Waals surface area (Å²) in [6.45, 7) is 7.14. The van der Waals surface area contributed by atoms with Crippen LogP contribution in [-0.2, 0) is 22.5 Å². The van der Waals surface area contributed by atoms with Crippen LogP contribution in [0.3, 0.4) is 0 Å². The fourth-order valence-electron chi connectivity index (χ4n) is 4.76. The zero-order valence-electron chi connectivity index (χ0n) is 17.7. The van der Waals surface area contributed by atoms with Crippen LogP contribution in [0.5, 0.6) is 5.75 Å². The third-order valence-corrected chi connectivity index (χ3v) is 6.46. The highest BCUT2D eigenvalue weighted by Crippen LogP contribution is 2.30. The molecule has 0 atom stereocenters. The summed E-state index contributed by atoms with van der Waals surface area (Å²) in [4.78, 5) is 15.2. The summed E-state index contributed by atoms with van der Waals surface area (Å²) in [6.07, 6.45) is 5.63. The Morgan fingerprint density at radius 1 is 1.24 bits per heavy atom. The SMILES string of the molecule is COc1ccc2c(c1)c(CCN1CCOCC1)c(C)n2CC(=O)NC1CCCC1. The number of hydrogen-bond donors (Lipinski definition) is 1. The van der Waals surface area contributed by atoms with Gasteiger partial charge in [-0.3, -0.25) is 9.69 Å². The predicted molar refractivity (Wildman–Crippen MR) is 115 cm³/mol. The van der Waals surface area contributed by atoms with Gasteiger partial charge < -0.3 is 19.4 Å². The van der Waals surface area contributed by atoms with E-state index in [0.717, 1.165) is 63.4 Å². The van der Waals surface area contributed by atoms with Gasteiger partial charge in [0.05, 0.1) is 20.3 Å². The first kappa shape index (κ1) is 20.2. The van der Waals surface area contributed by atoms with Crippen LogP contribution in [0.2, 0.25) is 0 Å². The number of amides is 1. The van der Waals surface area contributed by atoms with Crippen molar-refractivity contribution in [2.75, 3.05) is 40.0 Å². The Hall–Kier alpha value is -2.05. The molecule has 0 radical (unpaired) electrons. The lowest BCUT2D eigenvalue weighted by Gasteiger charge is -2.26. The largest absolute Gasteiger partial charge is 0.497 e. The maximum Gasteiger partial charge on any atom is 0.240 e. The van der Waals surface area contributed by atoms with Crippen LogP contribution >= 0.6 is 0 Å². The molecule has 1 aromatic heterocycles. The van der Waals surface area contributed by atoms with E-state index in [1.165, 1.54) is 29.5 Å². The number of carbonyl (C=O) groups excluding carboxylic acids is 1. The molecule has 2 heterocycles. The summed E-state index contributed by atoms with van der Waals surface area (Å²) in [5.74, 6) is 0.977. The van der Waals surface area contributed by atoms with Gasteiger partial charge in [-0.05, 0) is 49.9 Å². The van der Waals surface area contributed by atoms with Gasteiger partial charge in [-0.1, -0.05) is 12.8 Å². The molecule has 1 aliphatic heterocycles. The number of ether oxygens (including phenoxy) is 2. The van der Waals surface area contributed by atoms with Gasteiger partial charge in [-0.2, -0.15) is 0 Å². The predicted octanol–water partition coefficient (Wildman–Crippen LogP) is 2.89. The normalized spacial score (nSPS) is 18.4. The molecule has 2 aromatic rings. The van der Waals surface area contributed by atoms with Gasteiger partial charge >= 0.3 is 0 Å². The molecule has 29 heavy (non-hydrogen) atoms. The van der Waals surface area contributed by atoms with E-state index in [2.05, 4.69) is 33.8 Å². The van der Waals surface area contributed by atoms with Crippen molar-refractivity contribution in [3.63, 3.8) is 0 Å². The quantitative estimate of drug-likeness (QED) is 0.778. The summed E-state index contributed by atoms with van der Waals surface area (Å²) in [5.41, 5.74) is 3.61. The average molecular weight is 400 g/mol. The number of carbonyl (C=O) groups is 1. The molecule has 1 N–H and O–H groups in total. The van der Waals surface area contributed by atoms with Crippen LogP contribution < -0.4 is 10.1 Å². The third-order valence-electron chi connectivity index (χ3n) is 6.46. The fraction of sp³-hybridized carbons (Fsp3) is 0.609. The molecule has 0 spiro atoms. The number of nitrogens with one attached hydrogen (secondary N) is 1. The van der Waals surface area contributed by atoms with Crippen molar-refractivity contribution in [1.29, 1.82) is 0 Å². The zero-order chi connectivity index (χ0) is 20.2. The van der Waals surface area contributed by atoms with Gasteiger partial charge in [0.1, 0.15) is 12.3 Å². The van der Waals surface area contributed by atoms with Crippen LogP contribution in [0.15, 0.2) is 18.2 Å². The number of fused-ring (bicyclic) bond motifs is 1. The van der Waals surface area contributed by atoms with Crippen LogP contribution in [0.1, 0.15) is 36.9 Å². The highest BCUT2D eigenvalue weighted by atomic mass is 16.5.